The van der Waals surface area contributed by atoms with Crippen LogP contribution in [0.3, 0.4) is 0 Å². The van der Waals surface area contributed by atoms with Gasteiger partial charge in [0.15, 0.2) is 0 Å². The number of nitrogens with zero attached hydrogens (tertiary/aromatic N) is 4. The number of carbonyl (C=O) groups excluding carboxylic acids is 1. The molecule has 1 amide bonds. The Morgan fingerprint density at radius 2 is 1.65 bits per heavy atom. The molecule has 2 aliphatic rings. The van der Waals surface area contributed by atoms with Crippen molar-refractivity contribution in [2.45, 2.75) is 13.0 Å². The van der Waals surface area contributed by atoms with E-state index in [1.54, 1.807) is 36.4 Å². The lowest BCUT2D eigenvalue weighted by molar-refractivity contribution is -0.121. The minimum absolute atomic E-state index is 0.0811. The van der Waals surface area contributed by atoms with E-state index in [1.165, 1.54) is 22.7 Å². The summed E-state index contributed by atoms with van der Waals surface area (Å²) in [5, 5.41) is 6.71. The second kappa shape index (κ2) is 11.4. The van der Waals surface area contributed by atoms with Crippen LogP contribution < -0.4 is 5.01 Å². The lowest BCUT2D eigenvalue weighted by atomic mass is 9.87. The van der Waals surface area contributed by atoms with Crippen LogP contribution in [0.15, 0.2) is 90.0 Å². The fraction of sp³-hybridized carbons (Fsp3) is 0.267. The number of carbonyl (C=O) groups is 1. The maximum atomic E-state index is 13.8. The van der Waals surface area contributed by atoms with Crippen molar-refractivity contribution in [3.63, 3.8) is 0 Å². The minimum Gasteiger partial charge on any atom is -0.297 e. The average molecular weight is 517 g/mol. The van der Waals surface area contributed by atoms with Gasteiger partial charge in [0, 0.05) is 37.7 Å². The Hall–Kier alpha value is -3.32. The van der Waals surface area contributed by atoms with Crippen molar-refractivity contribution in [2.75, 3.05) is 37.7 Å². The third-order valence-corrected chi connectivity index (χ3v) is 7.31. The van der Waals surface area contributed by atoms with Gasteiger partial charge in [0.2, 0.25) is 0 Å². The van der Waals surface area contributed by atoms with Crippen LogP contribution in [0, 0.1) is 11.7 Å². The van der Waals surface area contributed by atoms with Gasteiger partial charge < -0.3 is 0 Å². The van der Waals surface area contributed by atoms with Crippen molar-refractivity contribution in [1.29, 1.82) is 0 Å². The van der Waals surface area contributed by atoms with Gasteiger partial charge in [-0.1, -0.05) is 66.2 Å². The number of hydrogen-bond donors (Lipinski definition) is 0. The molecule has 1 fully saturated rings. The Bertz CT molecular complexity index is 1270. The molecule has 7 heteroatoms. The Labute approximate surface area is 222 Å². The quantitative estimate of drug-likeness (QED) is 0.393. The van der Waals surface area contributed by atoms with Gasteiger partial charge in [-0.15, -0.1) is 0 Å². The molecule has 3 aromatic rings. The highest BCUT2D eigenvalue weighted by Gasteiger charge is 2.43. The predicted octanol–water partition coefficient (Wildman–Crippen LogP) is 5.89. The third kappa shape index (κ3) is 5.82. The van der Waals surface area contributed by atoms with Crippen LogP contribution >= 0.6 is 11.6 Å². The van der Waals surface area contributed by atoms with Gasteiger partial charge in [-0.2, -0.15) is 5.10 Å². The molecular formula is C30H30ClFN4O. The van der Waals surface area contributed by atoms with E-state index in [-0.39, 0.29) is 17.8 Å². The molecular weight excluding hydrogens is 487 g/mol. The average Bonchev–Trinajstić information content (AvgIpc) is 3.21. The summed E-state index contributed by atoms with van der Waals surface area (Å²) in [6.07, 6.45) is 4.35. The van der Waals surface area contributed by atoms with Crippen LogP contribution in [0.4, 0.5) is 10.1 Å². The molecule has 1 saturated heterocycles. The van der Waals surface area contributed by atoms with Crippen molar-refractivity contribution in [3.05, 3.63) is 107 Å². The summed E-state index contributed by atoms with van der Waals surface area (Å²) in [4.78, 5) is 18.5. The molecule has 0 bridgehead atoms. The number of hydrazone groups is 1. The van der Waals surface area contributed by atoms with E-state index in [4.69, 9.17) is 11.6 Å². The second-order valence-electron chi connectivity index (χ2n) is 9.49. The molecule has 5 nitrogen and oxygen atoms in total. The Kier molecular flexibility index (Phi) is 7.79. The molecule has 2 heterocycles. The second-order valence-corrected chi connectivity index (χ2v) is 9.93. The highest BCUT2D eigenvalue weighted by Crippen LogP contribution is 2.37. The van der Waals surface area contributed by atoms with Crippen LogP contribution in [0.1, 0.15) is 24.1 Å². The molecule has 0 saturated carbocycles. The molecule has 2 unspecified atom stereocenters. The standard InChI is InChI=1S/C30H30ClFN4O/c1-22-28(30(37)36(33-22)27-15-11-25(31)12-16-27)29(24-9-13-26(32)14-10-24)35-20-18-34(19-21-35)17-5-8-23-6-3-2-4-7-23/h2-16,28-29H,17-21H2,1H3. The Morgan fingerprint density at radius 3 is 2.32 bits per heavy atom. The minimum atomic E-state index is -0.453. The van der Waals surface area contributed by atoms with Gasteiger partial charge >= 0.3 is 0 Å². The zero-order chi connectivity index (χ0) is 25.8. The summed E-state index contributed by atoms with van der Waals surface area (Å²) in [6, 6.07) is 23.7. The number of piperazine rings is 1. The molecule has 2 atom stereocenters. The summed E-state index contributed by atoms with van der Waals surface area (Å²) < 4.78 is 13.8. The van der Waals surface area contributed by atoms with Gasteiger partial charge in [-0.25, -0.2) is 9.40 Å². The van der Waals surface area contributed by atoms with E-state index in [1.807, 2.05) is 25.1 Å². The van der Waals surface area contributed by atoms with E-state index < -0.39 is 5.92 Å². The lowest BCUT2D eigenvalue weighted by Crippen LogP contribution is -2.50. The Morgan fingerprint density at radius 1 is 0.973 bits per heavy atom. The van der Waals surface area contributed by atoms with Crippen molar-refractivity contribution in [1.82, 2.24) is 9.80 Å². The molecule has 2 aliphatic heterocycles. The van der Waals surface area contributed by atoms with E-state index in [9.17, 15) is 9.18 Å². The highest BCUT2D eigenvalue weighted by molar-refractivity contribution is 6.30. The molecule has 0 spiro atoms. The Balaban J connectivity index is 1.33. The summed E-state index contributed by atoms with van der Waals surface area (Å²) in [6.45, 7) is 6.15. The number of anilines is 1. The summed E-state index contributed by atoms with van der Waals surface area (Å²) in [5.41, 5.74) is 3.55. The zero-order valence-corrected chi connectivity index (χ0v) is 21.6. The van der Waals surface area contributed by atoms with Crippen LogP contribution in [0.25, 0.3) is 6.08 Å². The van der Waals surface area contributed by atoms with Gasteiger partial charge in [0.1, 0.15) is 5.82 Å². The van der Waals surface area contributed by atoms with Gasteiger partial charge in [-0.3, -0.25) is 14.6 Å². The van der Waals surface area contributed by atoms with E-state index in [0.717, 1.165) is 44.0 Å². The monoisotopic (exact) mass is 516 g/mol. The lowest BCUT2D eigenvalue weighted by Gasteiger charge is -2.41. The van der Waals surface area contributed by atoms with Crippen molar-refractivity contribution in [3.8, 4) is 0 Å². The topological polar surface area (TPSA) is 39.2 Å². The largest absolute Gasteiger partial charge is 0.297 e. The summed E-state index contributed by atoms with van der Waals surface area (Å²) in [5.74, 6) is -0.823. The first-order chi connectivity index (χ1) is 18.0. The molecule has 0 N–H and O–H groups in total. The van der Waals surface area contributed by atoms with Crippen molar-refractivity contribution < 1.29 is 9.18 Å². The molecule has 0 radical (unpaired) electrons. The maximum absolute atomic E-state index is 13.8. The molecule has 5 rings (SSSR count). The predicted molar refractivity (Wildman–Crippen MR) is 148 cm³/mol. The van der Waals surface area contributed by atoms with Gasteiger partial charge in [0.05, 0.1) is 23.4 Å². The third-order valence-electron chi connectivity index (χ3n) is 7.05. The summed E-state index contributed by atoms with van der Waals surface area (Å²) >= 11 is 6.05. The van der Waals surface area contributed by atoms with Crippen molar-refractivity contribution >= 4 is 35.0 Å². The molecule has 0 aromatic heterocycles. The van der Waals surface area contributed by atoms with E-state index >= 15 is 0 Å². The van der Waals surface area contributed by atoms with Crippen LogP contribution in [-0.4, -0.2) is 54.1 Å². The van der Waals surface area contributed by atoms with Crippen molar-refractivity contribution in [2.24, 2.45) is 11.0 Å². The first-order valence-corrected chi connectivity index (χ1v) is 13.0. The fourth-order valence-corrected chi connectivity index (χ4v) is 5.24. The molecule has 37 heavy (non-hydrogen) atoms. The SMILES string of the molecule is CC1=NN(c2ccc(Cl)cc2)C(=O)C1C(c1ccc(F)cc1)N1CCN(CC=Cc2ccccc2)CC1. The number of rotatable bonds is 7. The number of hydrogen-bond acceptors (Lipinski definition) is 4. The maximum Gasteiger partial charge on any atom is 0.258 e. The zero-order valence-electron chi connectivity index (χ0n) is 20.8. The highest BCUT2D eigenvalue weighted by atomic mass is 35.5. The van der Waals surface area contributed by atoms with Crippen LogP contribution in [0.5, 0.6) is 0 Å². The van der Waals surface area contributed by atoms with Crippen LogP contribution in [-0.2, 0) is 4.79 Å². The van der Waals surface area contributed by atoms with Gasteiger partial charge in [-0.05, 0) is 54.4 Å². The van der Waals surface area contributed by atoms with Crippen LogP contribution in [0.2, 0.25) is 5.02 Å². The number of benzene rings is 3. The number of amides is 1. The normalized spacial score (nSPS) is 20.0. The van der Waals surface area contributed by atoms with E-state index in [0.29, 0.717) is 10.7 Å². The van der Waals surface area contributed by atoms with Gasteiger partial charge in [0.25, 0.3) is 5.91 Å². The van der Waals surface area contributed by atoms with E-state index in [2.05, 4.69) is 39.2 Å². The molecule has 3 aromatic carbocycles. The first-order valence-electron chi connectivity index (χ1n) is 12.6. The molecule has 0 aliphatic carbocycles. The number of halogens is 2. The molecule has 190 valence electrons. The summed E-state index contributed by atoms with van der Waals surface area (Å²) in [7, 11) is 0. The first kappa shape index (κ1) is 25.3. The smallest absolute Gasteiger partial charge is 0.258 e. The fourth-order valence-electron chi connectivity index (χ4n) is 5.11.